The van der Waals surface area contributed by atoms with Crippen molar-refractivity contribution in [2.75, 3.05) is 26.9 Å². The van der Waals surface area contributed by atoms with Crippen LogP contribution < -0.4 is 10.1 Å². The minimum absolute atomic E-state index is 0.0602. The molecule has 1 aromatic carbocycles. The lowest BCUT2D eigenvalue weighted by molar-refractivity contribution is 0.145. The van der Waals surface area contributed by atoms with Crippen molar-refractivity contribution < 1.29 is 9.47 Å². The molecular weight excluding hydrogens is 272 g/mol. The van der Waals surface area contributed by atoms with Crippen LogP contribution in [0.25, 0.3) is 0 Å². The van der Waals surface area contributed by atoms with Crippen LogP contribution >= 0.6 is 11.3 Å². The second-order valence-electron chi connectivity index (χ2n) is 4.28. The summed E-state index contributed by atoms with van der Waals surface area (Å²) in [6, 6.07) is 8.13. The fourth-order valence-corrected chi connectivity index (χ4v) is 2.61. The zero-order valence-corrected chi connectivity index (χ0v) is 12.7. The van der Waals surface area contributed by atoms with Crippen LogP contribution in [0.1, 0.15) is 24.2 Å². The number of para-hydroxylation sites is 1. The van der Waals surface area contributed by atoms with Crippen LogP contribution in [-0.4, -0.2) is 31.9 Å². The van der Waals surface area contributed by atoms with E-state index in [9.17, 15) is 0 Å². The van der Waals surface area contributed by atoms with Crippen molar-refractivity contribution in [3.8, 4) is 5.75 Å². The van der Waals surface area contributed by atoms with Gasteiger partial charge in [0.05, 0.1) is 23.9 Å². The number of ether oxygens (including phenoxy) is 2. The molecule has 2 rings (SSSR count). The van der Waals surface area contributed by atoms with Crippen molar-refractivity contribution in [3.63, 3.8) is 0 Å². The van der Waals surface area contributed by atoms with Crippen LogP contribution in [-0.2, 0) is 4.74 Å². The summed E-state index contributed by atoms with van der Waals surface area (Å²) in [5.41, 5.74) is 3.99. The Labute approximate surface area is 123 Å². The maximum Gasteiger partial charge on any atom is 0.124 e. The molecule has 4 nitrogen and oxygen atoms in total. The van der Waals surface area contributed by atoms with Gasteiger partial charge in [-0.1, -0.05) is 25.1 Å². The molecular formula is C15H20N2O2S. The fourth-order valence-electron chi connectivity index (χ4n) is 2.03. The molecule has 0 aliphatic rings. The smallest absolute Gasteiger partial charge is 0.124 e. The molecule has 20 heavy (non-hydrogen) atoms. The lowest BCUT2D eigenvalue weighted by Crippen LogP contribution is -2.23. The van der Waals surface area contributed by atoms with Crippen LogP contribution in [0.5, 0.6) is 5.75 Å². The lowest BCUT2D eigenvalue weighted by Gasteiger charge is -2.20. The molecule has 0 aliphatic heterocycles. The molecule has 0 saturated heterocycles. The molecule has 1 heterocycles. The number of hydrogen-bond acceptors (Lipinski definition) is 5. The Balaban J connectivity index is 2.23. The normalized spacial score (nSPS) is 12.3. The summed E-state index contributed by atoms with van der Waals surface area (Å²) in [7, 11) is 1.67. The quantitative estimate of drug-likeness (QED) is 0.760. The summed E-state index contributed by atoms with van der Waals surface area (Å²) < 4.78 is 10.8. The minimum Gasteiger partial charge on any atom is -0.491 e. The summed E-state index contributed by atoms with van der Waals surface area (Å²) in [5.74, 6) is 0.878. The standard InChI is InChI=1S/C15H20N2O2S/c1-3-16-15(13-10-20-11-17-13)12-6-4-5-7-14(12)19-9-8-18-2/h4-7,10-11,15-16H,3,8-9H2,1-2H3. The SMILES string of the molecule is CCNC(c1cscn1)c1ccccc1OCCOC. The van der Waals surface area contributed by atoms with Gasteiger partial charge in [0.1, 0.15) is 12.4 Å². The monoisotopic (exact) mass is 292 g/mol. The van der Waals surface area contributed by atoms with E-state index < -0.39 is 0 Å². The number of aromatic nitrogens is 1. The van der Waals surface area contributed by atoms with Crippen LogP contribution in [0, 0.1) is 0 Å². The first-order valence-electron chi connectivity index (χ1n) is 6.69. The minimum atomic E-state index is 0.0602. The number of hydrogen-bond donors (Lipinski definition) is 1. The maximum atomic E-state index is 5.81. The number of thiazole rings is 1. The second kappa shape index (κ2) is 7.99. The highest BCUT2D eigenvalue weighted by Gasteiger charge is 2.18. The molecule has 1 N–H and O–H groups in total. The zero-order valence-electron chi connectivity index (χ0n) is 11.8. The van der Waals surface area contributed by atoms with E-state index in [1.54, 1.807) is 18.4 Å². The van der Waals surface area contributed by atoms with Gasteiger partial charge in [0.2, 0.25) is 0 Å². The molecule has 0 amide bonds. The van der Waals surface area contributed by atoms with Crippen molar-refractivity contribution in [2.24, 2.45) is 0 Å². The topological polar surface area (TPSA) is 43.4 Å². The van der Waals surface area contributed by atoms with Gasteiger partial charge in [-0.2, -0.15) is 0 Å². The van der Waals surface area contributed by atoms with Crippen molar-refractivity contribution in [1.82, 2.24) is 10.3 Å². The molecule has 2 aromatic rings. The molecule has 108 valence electrons. The highest BCUT2D eigenvalue weighted by atomic mass is 32.1. The van der Waals surface area contributed by atoms with Crippen LogP contribution in [0.4, 0.5) is 0 Å². The molecule has 1 unspecified atom stereocenters. The van der Waals surface area contributed by atoms with Gasteiger partial charge >= 0.3 is 0 Å². The Kier molecular flexibility index (Phi) is 5.98. The van der Waals surface area contributed by atoms with E-state index >= 15 is 0 Å². The highest BCUT2D eigenvalue weighted by molar-refractivity contribution is 7.07. The third-order valence-corrected chi connectivity index (χ3v) is 3.54. The second-order valence-corrected chi connectivity index (χ2v) is 5.00. The van der Waals surface area contributed by atoms with E-state index in [0.717, 1.165) is 23.6 Å². The zero-order chi connectivity index (χ0) is 14.2. The van der Waals surface area contributed by atoms with Gasteiger partial charge < -0.3 is 14.8 Å². The van der Waals surface area contributed by atoms with Crippen LogP contribution in [0.2, 0.25) is 0 Å². The summed E-state index contributed by atoms with van der Waals surface area (Å²) >= 11 is 1.60. The van der Waals surface area contributed by atoms with Gasteiger partial charge in [-0.15, -0.1) is 11.3 Å². The average molecular weight is 292 g/mol. The molecule has 5 heteroatoms. The number of nitrogens with zero attached hydrogens (tertiary/aromatic N) is 1. The van der Waals surface area contributed by atoms with Crippen molar-refractivity contribution in [3.05, 3.63) is 46.4 Å². The molecule has 0 radical (unpaired) electrons. The summed E-state index contributed by atoms with van der Waals surface area (Å²) in [5, 5.41) is 5.53. The Bertz CT molecular complexity index is 502. The summed E-state index contributed by atoms with van der Waals surface area (Å²) in [6.45, 7) is 4.09. The Morgan fingerprint density at radius 2 is 2.15 bits per heavy atom. The number of rotatable bonds is 8. The molecule has 0 spiro atoms. The lowest BCUT2D eigenvalue weighted by atomic mass is 10.0. The van der Waals surface area contributed by atoms with Crippen LogP contribution in [0.15, 0.2) is 35.2 Å². The molecule has 0 aliphatic carbocycles. The number of nitrogens with one attached hydrogen (secondary N) is 1. The third-order valence-electron chi connectivity index (χ3n) is 2.93. The number of methoxy groups -OCH3 is 1. The Morgan fingerprint density at radius 1 is 1.30 bits per heavy atom. The van der Waals surface area contributed by atoms with Gasteiger partial charge in [-0.25, -0.2) is 4.98 Å². The highest BCUT2D eigenvalue weighted by Crippen LogP contribution is 2.29. The average Bonchev–Trinajstić information content (AvgIpc) is 3.00. The summed E-state index contributed by atoms with van der Waals surface area (Å²) in [6.07, 6.45) is 0. The first kappa shape index (κ1) is 15.0. The van der Waals surface area contributed by atoms with Crippen molar-refractivity contribution in [1.29, 1.82) is 0 Å². The Morgan fingerprint density at radius 3 is 2.85 bits per heavy atom. The van der Waals surface area contributed by atoms with E-state index in [0.29, 0.717) is 13.2 Å². The number of benzene rings is 1. The van der Waals surface area contributed by atoms with Gasteiger partial charge in [-0.05, 0) is 12.6 Å². The molecule has 0 fully saturated rings. The fraction of sp³-hybridized carbons (Fsp3) is 0.400. The predicted octanol–water partition coefficient (Wildman–Crippen LogP) is 2.87. The molecule has 1 aromatic heterocycles. The first-order valence-corrected chi connectivity index (χ1v) is 7.63. The molecule has 1 atom stereocenters. The molecule has 0 bridgehead atoms. The van der Waals surface area contributed by atoms with Gasteiger partial charge in [-0.3, -0.25) is 0 Å². The third kappa shape index (κ3) is 3.79. The van der Waals surface area contributed by atoms with Crippen molar-refractivity contribution >= 4 is 11.3 Å². The van der Waals surface area contributed by atoms with E-state index in [1.165, 1.54) is 0 Å². The van der Waals surface area contributed by atoms with E-state index in [2.05, 4.69) is 28.7 Å². The van der Waals surface area contributed by atoms with Gasteiger partial charge in [0, 0.05) is 18.1 Å². The van der Waals surface area contributed by atoms with Crippen molar-refractivity contribution in [2.45, 2.75) is 13.0 Å². The summed E-state index contributed by atoms with van der Waals surface area (Å²) in [4.78, 5) is 4.42. The predicted molar refractivity (Wildman–Crippen MR) is 81.4 cm³/mol. The van der Waals surface area contributed by atoms with E-state index in [4.69, 9.17) is 9.47 Å². The maximum absolute atomic E-state index is 5.81. The Hall–Kier alpha value is -1.43. The van der Waals surface area contributed by atoms with Gasteiger partial charge in [0.25, 0.3) is 0 Å². The van der Waals surface area contributed by atoms with E-state index in [1.807, 2.05) is 23.7 Å². The van der Waals surface area contributed by atoms with E-state index in [-0.39, 0.29) is 6.04 Å². The first-order chi connectivity index (χ1) is 9.86. The van der Waals surface area contributed by atoms with Gasteiger partial charge in [0.15, 0.2) is 0 Å². The largest absolute Gasteiger partial charge is 0.491 e. The van der Waals surface area contributed by atoms with Crippen LogP contribution in [0.3, 0.4) is 0 Å². The molecule has 0 saturated carbocycles.